The number of carbonyl (C=O) groups excluding carboxylic acids is 2. The van der Waals surface area contributed by atoms with Crippen molar-refractivity contribution in [3.8, 4) is 0 Å². The summed E-state index contributed by atoms with van der Waals surface area (Å²) >= 11 is 1.07. The molecule has 1 amide bonds. The van der Waals surface area contributed by atoms with Gasteiger partial charge in [0.05, 0.1) is 0 Å². The van der Waals surface area contributed by atoms with Gasteiger partial charge in [0, 0.05) is 17.9 Å². The summed E-state index contributed by atoms with van der Waals surface area (Å²) < 4.78 is 5.48. The molecule has 0 saturated carbocycles. The zero-order chi connectivity index (χ0) is 15.9. The third kappa shape index (κ3) is 7.55. The highest BCUT2D eigenvalue weighted by molar-refractivity contribution is 8.12. The van der Waals surface area contributed by atoms with Crippen LogP contribution in [0.15, 0.2) is 12.2 Å². The first-order valence-corrected chi connectivity index (χ1v) is 8.76. The molecule has 0 spiro atoms. The number of thioether (sulfide) groups is 1. The Kier molecular flexibility index (Phi) is 7.29. The van der Waals surface area contributed by atoms with Gasteiger partial charge in [0.2, 0.25) is 5.91 Å². The quantitative estimate of drug-likeness (QED) is 0.634. The third-order valence-corrected chi connectivity index (χ3v) is 3.78. The van der Waals surface area contributed by atoms with Crippen molar-refractivity contribution in [3.63, 3.8) is 0 Å². The van der Waals surface area contributed by atoms with E-state index in [9.17, 15) is 9.59 Å². The van der Waals surface area contributed by atoms with Crippen LogP contribution in [0.1, 0.15) is 52.9 Å². The summed E-state index contributed by atoms with van der Waals surface area (Å²) in [5, 5.41) is 2.70. The molecule has 120 valence electrons. The highest BCUT2D eigenvalue weighted by atomic mass is 32.2. The lowest BCUT2D eigenvalue weighted by atomic mass is 9.89. The number of allylic oxidation sites excluding steroid dienone is 1. The molecule has 0 aromatic carbocycles. The predicted octanol–water partition coefficient (Wildman–Crippen LogP) is 3.91. The van der Waals surface area contributed by atoms with Crippen LogP contribution in [0.5, 0.6) is 0 Å². The fourth-order valence-corrected chi connectivity index (χ4v) is 2.65. The van der Waals surface area contributed by atoms with E-state index in [0.29, 0.717) is 6.42 Å². The molecule has 0 radical (unpaired) electrons. The number of nitrogens with one attached hydrogen (secondary N) is 1. The number of hydrogen-bond donors (Lipinski definition) is 1. The molecule has 1 aliphatic carbocycles. The molecule has 1 rings (SSSR count). The van der Waals surface area contributed by atoms with Gasteiger partial charge in [-0.15, -0.1) is 0 Å². The maximum Gasteiger partial charge on any atom is 0.367 e. The Balaban J connectivity index is 2.71. The number of carbonyl (C=O) groups is 2. The summed E-state index contributed by atoms with van der Waals surface area (Å²) in [6.45, 7) is 5.90. The van der Waals surface area contributed by atoms with E-state index in [1.165, 1.54) is 0 Å². The molecule has 4 nitrogen and oxygen atoms in total. The zero-order valence-electron chi connectivity index (χ0n) is 13.5. The molecule has 0 aromatic rings. The minimum Gasteiger partial charge on any atom is -0.450 e. The van der Waals surface area contributed by atoms with Crippen molar-refractivity contribution in [2.75, 3.05) is 6.26 Å². The zero-order valence-corrected chi connectivity index (χ0v) is 14.3. The van der Waals surface area contributed by atoms with E-state index in [0.717, 1.165) is 37.4 Å². The van der Waals surface area contributed by atoms with Gasteiger partial charge in [0.25, 0.3) is 0 Å². The van der Waals surface area contributed by atoms with Gasteiger partial charge < -0.3 is 10.1 Å². The monoisotopic (exact) mass is 313 g/mol. The Morgan fingerprint density at radius 1 is 1.33 bits per heavy atom. The fraction of sp³-hybridized carbons (Fsp3) is 0.750. The normalized spacial score (nSPS) is 24.6. The average Bonchev–Trinajstić information content (AvgIpc) is 2.34. The lowest BCUT2D eigenvalue weighted by molar-refractivity contribution is -0.124. The van der Waals surface area contributed by atoms with Gasteiger partial charge in [-0.1, -0.05) is 12.5 Å². The number of amides is 1. The number of ether oxygens (including phenoxy) is 1. The van der Waals surface area contributed by atoms with Crippen LogP contribution in [-0.2, 0) is 9.53 Å². The molecule has 0 saturated heterocycles. The molecule has 0 bridgehead atoms. The van der Waals surface area contributed by atoms with Gasteiger partial charge in [-0.2, -0.15) is 0 Å². The summed E-state index contributed by atoms with van der Waals surface area (Å²) in [7, 11) is 0. The van der Waals surface area contributed by atoms with Crippen LogP contribution in [0.4, 0.5) is 4.79 Å². The van der Waals surface area contributed by atoms with E-state index in [4.69, 9.17) is 4.74 Å². The van der Waals surface area contributed by atoms with E-state index in [1.807, 2.05) is 26.8 Å². The second-order valence-corrected chi connectivity index (χ2v) is 7.25. The standard InChI is InChI=1S/C16H27NO3S/c1-16(2,3)17-14(18)11-12-9-7-5-6-8-10-13(12)20-15(19)21-4/h8,10,12-13H,5-7,9,11H2,1-4H3,(H,17,18)/b10-8+. The van der Waals surface area contributed by atoms with Gasteiger partial charge >= 0.3 is 5.30 Å². The second kappa shape index (κ2) is 8.47. The second-order valence-electron chi connectivity index (χ2n) is 6.51. The predicted molar refractivity (Wildman–Crippen MR) is 87.4 cm³/mol. The summed E-state index contributed by atoms with van der Waals surface area (Å²) in [6, 6.07) is 0. The molecule has 5 heteroatoms. The first-order chi connectivity index (χ1) is 9.81. The summed E-state index contributed by atoms with van der Waals surface area (Å²) in [6.07, 6.45) is 9.92. The Labute approximate surface area is 132 Å². The van der Waals surface area contributed by atoms with Crippen molar-refractivity contribution < 1.29 is 14.3 Å². The van der Waals surface area contributed by atoms with Gasteiger partial charge in [-0.25, -0.2) is 4.79 Å². The highest BCUT2D eigenvalue weighted by Crippen LogP contribution is 2.25. The molecule has 0 heterocycles. The third-order valence-electron chi connectivity index (χ3n) is 3.35. The number of hydrogen-bond acceptors (Lipinski definition) is 4. The van der Waals surface area contributed by atoms with E-state index >= 15 is 0 Å². The van der Waals surface area contributed by atoms with E-state index in [-0.39, 0.29) is 28.8 Å². The lowest BCUT2D eigenvalue weighted by Crippen LogP contribution is -2.42. The molecule has 21 heavy (non-hydrogen) atoms. The fourth-order valence-electron chi connectivity index (χ4n) is 2.44. The summed E-state index contributed by atoms with van der Waals surface area (Å²) in [5.74, 6) is 0.0756. The van der Waals surface area contributed by atoms with Gasteiger partial charge in [-0.05, 0) is 64.1 Å². The molecular formula is C16H27NO3S. The van der Waals surface area contributed by atoms with Crippen molar-refractivity contribution in [3.05, 3.63) is 12.2 Å². The Morgan fingerprint density at radius 2 is 2.05 bits per heavy atom. The topological polar surface area (TPSA) is 55.4 Å². The van der Waals surface area contributed by atoms with Crippen LogP contribution < -0.4 is 5.32 Å². The van der Waals surface area contributed by atoms with Gasteiger partial charge in [-0.3, -0.25) is 4.79 Å². The molecule has 0 aliphatic heterocycles. The molecule has 2 atom stereocenters. The maximum absolute atomic E-state index is 12.1. The van der Waals surface area contributed by atoms with Crippen LogP contribution in [-0.4, -0.2) is 29.1 Å². The molecule has 1 N–H and O–H groups in total. The Hall–Kier alpha value is -0.970. The van der Waals surface area contributed by atoms with Crippen LogP contribution >= 0.6 is 11.8 Å². The molecule has 0 aromatic heterocycles. The van der Waals surface area contributed by atoms with Crippen LogP contribution in [0, 0.1) is 5.92 Å². The molecule has 0 fully saturated rings. The SMILES string of the molecule is CSC(=O)OC1/C=C/CCCCC1CC(=O)NC(C)(C)C. The summed E-state index contributed by atoms with van der Waals surface area (Å²) in [5.41, 5.74) is -0.236. The summed E-state index contributed by atoms with van der Waals surface area (Å²) in [4.78, 5) is 23.7. The van der Waals surface area contributed by atoms with Crippen LogP contribution in [0.2, 0.25) is 0 Å². The lowest BCUT2D eigenvalue weighted by Gasteiger charge is -2.27. The highest BCUT2D eigenvalue weighted by Gasteiger charge is 2.27. The van der Waals surface area contributed by atoms with Crippen LogP contribution in [0.25, 0.3) is 0 Å². The van der Waals surface area contributed by atoms with E-state index in [1.54, 1.807) is 6.26 Å². The van der Waals surface area contributed by atoms with Gasteiger partial charge in [0.15, 0.2) is 0 Å². The van der Waals surface area contributed by atoms with Gasteiger partial charge in [0.1, 0.15) is 6.10 Å². The Morgan fingerprint density at radius 3 is 2.67 bits per heavy atom. The minimum absolute atomic E-state index is 0.0201. The van der Waals surface area contributed by atoms with Crippen molar-refractivity contribution in [2.24, 2.45) is 5.92 Å². The smallest absolute Gasteiger partial charge is 0.367 e. The first kappa shape index (κ1) is 18.1. The van der Waals surface area contributed by atoms with Crippen molar-refractivity contribution in [1.82, 2.24) is 5.32 Å². The van der Waals surface area contributed by atoms with Crippen LogP contribution in [0.3, 0.4) is 0 Å². The van der Waals surface area contributed by atoms with Crippen molar-refractivity contribution in [1.29, 1.82) is 0 Å². The van der Waals surface area contributed by atoms with E-state index in [2.05, 4.69) is 11.4 Å². The number of rotatable bonds is 3. The Bertz CT molecular complexity index is 387. The van der Waals surface area contributed by atoms with Crippen molar-refractivity contribution in [2.45, 2.75) is 64.5 Å². The molecule has 1 aliphatic rings. The first-order valence-electron chi connectivity index (χ1n) is 7.54. The molecule has 2 unspecified atom stereocenters. The largest absolute Gasteiger partial charge is 0.450 e. The average molecular weight is 313 g/mol. The maximum atomic E-state index is 12.1. The molecular weight excluding hydrogens is 286 g/mol. The van der Waals surface area contributed by atoms with E-state index < -0.39 is 0 Å². The minimum atomic E-state index is -0.295. The van der Waals surface area contributed by atoms with Crippen molar-refractivity contribution >= 4 is 23.0 Å².